The predicted octanol–water partition coefficient (Wildman–Crippen LogP) is 5.68. The lowest BCUT2D eigenvalue weighted by Gasteiger charge is -2.24. The monoisotopic (exact) mass is 502 g/mol. The smallest absolute Gasteiger partial charge is 0.243 e. The van der Waals surface area contributed by atoms with E-state index in [1.54, 1.807) is 18.2 Å². The number of rotatable bonds is 7. The third-order valence-corrected chi connectivity index (χ3v) is 8.00. The standard InChI is InChI=1S/C22H25Cl3N2O3S/c23-17-9-11-20(12-10-17)31(29,30)27(14-16-7-8-18(24)13-21(16)25)15-22(28)26-19-5-3-1-2-4-6-19/h7-13,19H,1-6,14-15H2,(H,26,28). The average molecular weight is 504 g/mol. The molecule has 1 N–H and O–H groups in total. The van der Waals surface area contributed by atoms with Crippen LogP contribution in [-0.4, -0.2) is 31.2 Å². The second kappa shape index (κ2) is 11.0. The van der Waals surface area contributed by atoms with Gasteiger partial charge in [-0.25, -0.2) is 8.42 Å². The highest BCUT2D eigenvalue weighted by Crippen LogP contribution is 2.26. The van der Waals surface area contributed by atoms with E-state index in [9.17, 15) is 13.2 Å². The van der Waals surface area contributed by atoms with E-state index in [-0.39, 0.29) is 29.9 Å². The Morgan fingerprint density at radius 1 is 0.935 bits per heavy atom. The Labute approximate surface area is 198 Å². The summed E-state index contributed by atoms with van der Waals surface area (Å²) in [6, 6.07) is 10.8. The van der Waals surface area contributed by atoms with Gasteiger partial charge in [0.2, 0.25) is 15.9 Å². The summed E-state index contributed by atoms with van der Waals surface area (Å²) in [5, 5.41) is 4.23. The van der Waals surface area contributed by atoms with Crippen molar-refractivity contribution in [3.8, 4) is 0 Å². The van der Waals surface area contributed by atoms with Gasteiger partial charge in [0, 0.05) is 27.7 Å². The minimum Gasteiger partial charge on any atom is -0.352 e. The molecular formula is C22H25Cl3N2O3S. The summed E-state index contributed by atoms with van der Waals surface area (Å²) in [4.78, 5) is 12.9. The fourth-order valence-electron chi connectivity index (χ4n) is 3.68. The van der Waals surface area contributed by atoms with E-state index in [2.05, 4.69) is 5.32 Å². The Morgan fingerprint density at radius 2 is 1.55 bits per heavy atom. The van der Waals surface area contributed by atoms with Crippen molar-refractivity contribution in [1.29, 1.82) is 0 Å². The summed E-state index contributed by atoms with van der Waals surface area (Å²) >= 11 is 18.2. The topological polar surface area (TPSA) is 66.5 Å². The number of halogens is 3. The summed E-state index contributed by atoms with van der Waals surface area (Å²) in [6.45, 7) is -0.362. The maximum Gasteiger partial charge on any atom is 0.243 e. The van der Waals surface area contributed by atoms with Crippen LogP contribution >= 0.6 is 34.8 Å². The summed E-state index contributed by atoms with van der Waals surface area (Å²) in [6.07, 6.45) is 6.30. The lowest BCUT2D eigenvalue weighted by molar-refractivity contribution is -0.122. The first-order valence-electron chi connectivity index (χ1n) is 10.2. The van der Waals surface area contributed by atoms with E-state index >= 15 is 0 Å². The molecule has 168 valence electrons. The van der Waals surface area contributed by atoms with Crippen LogP contribution in [0.3, 0.4) is 0 Å². The molecule has 2 aromatic carbocycles. The lowest BCUT2D eigenvalue weighted by atomic mass is 10.1. The molecule has 0 spiro atoms. The first kappa shape index (κ1) is 24.3. The quantitative estimate of drug-likeness (QED) is 0.495. The van der Waals surface area contributed by atoms with E-state index in [1.807, 2.05) is 0 Å². The van der Waals surface area contributed by atoms with E-state index in [1.165, 1.54) is 37.1 Å². The molecule has 0 heterocycles. The van der Waals surface area contributed by atoms with Crippen molar-refractivity contribution < 1.29 is 13.2 Å². The minimum absolute atomic E-state index is 0.0565. The summed E-state index contributed by atoms with van der Waals surface area (Å²) in [5.41, 5.74) is 0.561. The molecule has 1 aliphatic rings. The SMILES string of the molecule is O=C(CN(Cc1ccc(Cl)cc1Cl)S(=O)(=O)c1ccc(Cl)cc1)NC1CCCCCC1. The van der Waals surface area contributed by atoms with Crippen molar-refractivity contribution in [2.75, 3.05) is 6.54 Å². The molecule has 1 aliphatic carbocycles. The van der Waals surface area contributed by atoms with Gasteiger partial charge >= 0.3 is 0 Å². The first-order valence-corrected chi connectivity index (χ1v) is 12.8. The van der Waals surface area contributed by atoms with Gasteiger partial charge in [0.05, 0.1) is 11.4 Å². The molecule has 1 amide bonds. The van der Waals surface area contributed by atoms with Crippen LogP contribution in [0.4, 0.5) is 0 Å². The van der Waals surface area contributed by atoms with Gasteiger partial charge in [0.1, 0.15) is 0 Å². The minimum atomic E-state index is -3.96. The zero-order valence-electron chi connectivity index (χ0n) is 17.0. The number of amides is 1. The first-order chi connectivity index (χ1) is 14.8. The average Bonchev–Trinajstić information content (AvgIpc) is 2.98. The molecule has 2 aromatic rings. The molecule has 0 aliphatic heterocycles. The molecule has 0 atom stereocenters. The molecule has 0 radical (unpaired) electrons. The Bertz CT molecular complexity index is 1010. The molecular weight excluding hydrogens is 479 g/mol. The van der Waals surface area contributed by atoms with Gasteiger partial charge in [-0.2, -0.15) is 4.31 Å². The van der Waals surface area contributed by atoms with E-state index in [4.69, 9.17) is 34.8 Å². The third kappa shape index (κ3) is 6.83. The second-order valence-electron chi connectivity index (χ2n) is 7.72. The normalized spacial score (nSPS) is 15.6. The number of hydrogen-bond acceptors (Lipinski definition) is 3. The number of carbonyl (C=O) groups excluding carboxylic acids is 1. The zero-order chi connectivity index (χ0) is 22.4. The number of hydrogen-bond donors (Lipinski definition) is 1. The van der Waals surface area contributed by atoms with Crippen molar-refractivity contribution in [3.63, 3.8) is 0 Å². The Hall–Kier alpha value is -1.31. The van der Waals surface area contributed by atoms with E-state index < -0.39 is 10.0 Å². The van der Waals surface area contributed by atoms with Crippen LogP contribution < -0.4 is 5.32 Å². The highest BCUT2D eigenvalue weighted by Gasteiger charge is 2.28. The van der Waals surface area contributed by atoms with E-state index in [0.717, 1.165) is 30.0 Å². The van der Waals surface area contributed by atoms with Crippen molar-refractivity contribution in [2.45, 2.75) is 56.0 Å². The number of nitrogens with one attached hydrogen (secondary N) is 1. The zero-order valence-corrected chi connectivity index (χ0v) is 20.1. The molecule has 9 heteroatoms. The number of benzene rings is 2. The molecule has 0 aromatic heterocycles. The summed E-state index contributed by atoms with van der Waals surface area (Å²) in [7, 11) is -3.96. The largest absolute Gasteiger partial charge is 0.352 e. The Balaban J connectivity index is 1.84. The Kier molecular flexibility index (Phi) is 8.65. The van der Waals surface area contributed by atoms with Crippen LogP contribution in [0.15, 0.2) is 47.4 Å². The van der Waals surface area contributed by atoms with Crippen molar-refractivity contribution in [3.05, 3.63) is 63.1 Å². The van der Waals surface area contributed by atoms with Gasteiger partial charge in [-0.3, -0.25) is 4.79 Å². The summed E-state index contributed by atoms with van der Waals surface area (Å²) in [5.74, 6) is -0.325. The van der Waals surface area contributed by atoms with Gasteiger partial charge in [-0.05, 0) is 54.8 Å². The molecule has 1 fully saturated rings. The number of sulfonamides is 1. The number of nitrogens with zero attached hydrogens (tertiary/aromatic N) is 1. The molecule has 1 saturated carbocycles. The van der Waals surface area contributed by atoms with Crippen molar-refractivity contribution in [2.24, 2.45) is 0 Å². The van der Waals surface area contributed by atoms with Crippen LogP contribution in [0.2, 0.25) is 15.1 Å². The highest BCUT2D eigenvalue weighted by molar-refractivity contribution is 7.89. The lowest BCUT2D eigenvalue weighted by Crippen LogP contribution is -2.43. The maximum atomic E-state index is 13.3. The molecule has 0 saturated heterocycles. The van der Waals surface area contributed by atoms with Crippen LogP contribution in [0.25, 0.3) is 0 Å². The van der Waals surface area contributed by atoms with Gasteiger partial charge in [0.25, 0.3) is 0 Å². The van der Waals surface area contributed by atoms with Gasteiger partial charge < -0.3 is 5.32 Å². The summed E-state index contributed by atoms with van der Waals surface area (Å²) < 4.78 is 27.8. The fraction of sp³-hybridized carbons (Fsp3) is 0.409. The van der Waals surface area contributed by atoms with Crippen LogP contribution in [0.1, 0.15) is 44.1 Å². The van der Waals surface area contributed by atoms with Crippen LogP contribution in [-0.2, 0) is 21.4 Å². The molecule has 3 rings (SSSR count). The van der Waals surface area contributed by atoms with Crippen LogP contribution in [0.5, 0.6) is 0 Å². The van der Waals surface area contributed by atoms with E-state index in [0.29, 0.717) is 20.6 Å². The molecule has 31 heavy (non-hydrogen) atoms. The molecule has 5 nitrogen and oxygen atoms in total. The predicted molar refractivity (Wildman–Crippen MR) is 125 cm³/mol. The van der Waals surface area contributed by atoms with Gasteiger partial charge in [-0.15, -0.1) is 0 Å². The van der Waals surface area contributed by atoms with Crippen molar-refractivity contribution >= 4 is 50.7 Å². The molecule has 0 unspecified atom stereocenters. The highest BCUT2D eigenvalue weighted by atomic mass is 35.5. The van der Waals surface area contributed by atoms with Gasteiger partial charge in [0.15, 0.2) is 0 Å². The number of carbonyl (C=O) groups is 1. The molecule has 0 bridgehead atoms. The Morgan fingerprint density at radius 3 is 2.16 bits per heavy atom. The van der Waals surface area contributed by atoms with Gasteiger partial charge in [-0.1, -0.05) is 66.6 Å². The fourth-order valence-corrected chi connectivity index (χ4v) is 5.65. The maximum absolute atomic E-state index is 13.3. The van der Waals surface area contributed by atoms with Crippen molar-refractivity contribution in [1.82, 2.24) is 9.62 Å². The third-order valence-electron chi connectivity index (χ3n) is 5.35. The second-order valence-corrected chi connectivity index (χ2v) is 10.9. The van der Waals surface area contributed by atoms with Crippen LogP contribution in [0, 0.1) is 0 Å².